The van der Waals surface area contributed by atoms with Gasteiger partial charge in [0.2, 0.25) is 5.88 Å². The van der Waals surface area contributed by atoms with Gasteiger partial charge in [0.1, 0.15) is 0 Å². The van der Waals surface area contributed by atoms with Crippen LogP contribution < -0.4 is 10.1 Å². The van der Waals surface area contributed by atoms with Crippen molar-refractivity contribution in [3.05, 3.63) is 39.5 Å². The number of thiazole rings is 1. The lowest BCUT2D eigenvalue weighted by molar-refractivity contribution is 0.181. The number of ether oxygens (including phenoxy) is 2. The molecule has 20 heavy (non-hydrogen) atoms. The van der Waals surface area contributed by atoms with E-state index in [1.807, 2.05) is 25.4 Å². The van der Waals surface area contributed by atoms with Crippen molar-refractivity contribution in [3.63, 3.8) is 0 Å². The van der Waals surface area contributed by atoms with Gasteiger partial charge in [-0.2, -0.15) is 0 Å². The summed E-state index contributed by atoms with van der Waals surface area (Å²) < 4.78 is 10.3. The molecule has 1 N–H and O–H groups in total. The zero-order chi connectivity index (χ0) is 14.4. The van der Waals surface area contributed by atoms with Crippen LogP contribution in [0.4, 0.5) is 0 Å². The summed E-state index contributed by atoms with van der Waals surface area (Å²) >= 11 is 1.72. The van der Waals surface area contributed by atoms with Crippen molar-refractivity contribution in [1.82, 2.24) is 15.3 Å². The van der Waals surface area contributed by atoms with Crippen molar-refractivity contribution >= 4 is 11.3 Å². The molecule has 0 amide bonds. The molecule has 6 heteroatoms. The number of aromatic nitrogens is 2. The standard InChI is InChI=1S/C14H19N3O2S/c1-15-8-12-11(9-18-2)17-14(20-12)6-10-4-5-13(19-3)16-7-10/h4-5,7,15H,6,8-9H2,1-3H3. The zero-order valence-electron chi connectivity index (χ0n) is 12.0. The van der Waals surface area contributed by atoms with Gasteiger partial charge in [0.05, 0.1) is 24.4 Å². The molecule has 108 valence electrons. The smallest absolute Gasteiger partial charge is 0.212 e. The second kappa shape index (κ2) is 7.33. The highest BCUT2D eigenvalue weighted by Gasteiger charge is 2.11. The highest BCUT2D eigenvalue weighted by molar-refractivity contribution is 7.11. The summed E-state index contributed by atoms with van der Waals surface area (Å²) in [5.74, 6) is 0.629. The Morgan fingerprint density at radius 1 is 1.30 bits per heavy atom. The molecule has 0 bridgehead atoms. The molecule has 0 aliphatic carbocycles. The van der Waals surface area contributed by atoms with Crippen molar-refractivity contribution < 1.29 is 9.47 Å². The average molecular weight is 293 g/mol. The SMILES string of the molecule is CNCc1sc(Cc2ccc(OC)nc2)nc1COC. The monoisotopic (exact) mass is 293 g/mol. The molecule has 0 fully saturated rings. The van der Waals surface area contributed by atoms with Crippen molar-refractivity contribution in [2.75, 3.05) is 21.3 Å². The summed E-state index contributed by atoms with van der Waals surface area (Å²) in [5.41, 5.74) is 2.14. The van der Waals surface area contributed by atoms with Crippen molar-refractivity contribution in [3.8, 4) is 5.88 Å². The molecule has 0 atom stereocenters. The lowest BCUT2D eigenvalue weighted by atomic mass is 10.2. The topological polar surface area (TPSA) is 56.3 Å². The number of hydrogen-bond acceptors (Lipinski definition) is 6. The Kier molecular flexibility index (Phi) is 5.46. The summed E-state index contributed by atoms with van der Waals surface area (Å²) in [6, 6.07) is 3.88. The van der Waals surface area contributed by atoms with Gasteiger partial charge in [0, 0.05) is 37.2 Å². The van der Waals surface area contributed by atoms with E-state index in [9.17, 15) is 0 Å². The molecule has 0 radical (unpaired) electrons. The fourth-order valence-electron chi connectivity index (χ4n) is 1.87. The van der Waals surface area contributed by atoms with E-state index >= 15 is 0 Å². The Morgan fingerprint density at radius 3 is 2.75 bits per heavy atom. The molecular formula is C14H19N3O2S. The van der Waals surface area contributed by atoms with E-state index in [2.05, 4.69) is 15.3 Å². The summed E-state index contributed by atoms with van der Waals surface area (Å²) in [4.78, 5) is 10.1. The van der Waals surface area contributed by atoms with Gasteiger partial charge in [-0.25, -0.2) is 9.97 Å². The third-order valence-corrected chi connectivity index (χ3v) is 3.90. The minimum absolute atomic E-state index is 0.550. The van der Waals surface area contributed by atoms with E-state index in [0.717, 1.165) is 29.2 Å². The third kappa shape index (κ3) is 3.75. The predicted octanol–water partition coefficient (Wildman–Crippen LogP) is 2.00. The van der Waals surface area contributed by atoms with E-state index < -0.39 is 0 Å². The average Bonchev–Trinajstić information content (AvgIpc) is 2.82. The molecule has 0 unspecified atom stereocenters. The maximum Gasteiger partial charge on any atom is 0.212 e. The maximum atomic E-state index is 5.20. The number of rotatable bonds is 7. The minimum Gasteiger partial charge on any atom is -0.481 e. The number of nitrogens with one attached hydrogen (secondary N) is 1. The van der Waals surface area contributed by atoms with Gasteiger partial charge in [-0.1, -0.05) is 6.07 Å². The maximum absolute atomic E-state index is 5.20. The van der Waals surface area contributed by atoms with E-state index in [1.54, 1.807) is 25.6 Å². The Hall–Kier alpha value is -1.50. The van der Waals surface area contributed by atoms with Gasteiger partial charge in [-0.3, -0.25) is 0 Å². The second-order valence-electron chi connectivity index (χ2n) is 4.33. The Labute approximate surface area is 123 Å². The molecule has 2 heterocycles. The van der Waals surface area contributed by atoms with Crippen molar-refractivity contribution in [2.24, 2.45) is 0 Å². The van der Waals surface area contributed by atoms with Crippen LogP contribution in [-0.2, 0) is 24.3 Å². The predicted molar refractivity (Wildman–Crippen MR) is 79.2 cm³/mol. The van der Waals surface area contributed by atoms with Crippen LogP contribution in [0.25, 0.3) is 0 Å². The number of methoxy groups -OCH3 is 2. The molecule has 5 nitrogen and oxygen atoms in total. The Balaban J connectivity index is 2.13. The molecule has 0 aliphatic rings. The van der Waals surface area contributed by atoms with Crippen LogP contribution in [0.5, 0.6) is 5.88 Å². The summed E-state index contributed by atoms with van der Waals surface area (Å²) in [5, 5.41) is 4.24. The fraction of sp³-hybridized carbons (Fsp3) is 0.429. The Bertz CT molecular complexity index is 516. The molecule has 0 aliphatic heterocycles. The van der Waals surface area contributed by atoms with E-state index in [-0.39, 0.29) is 0 Å². The lowest BCUT2D eigenvalue weighted by Gasteiger charge is -2.00. The minimum atomic E-state index is 0.550. The third-order valence-electron chi connectivity index (χ3n) is 2.80. The summed E-state index contributed by atoms with van der Waals surface area (Å²) in [6.45, 7) is 1.37. The van der Waals surface area contributed by atoms with Gasteiger partial charge in [-0.15, -0.1) is 11.3 Å². The Morgan fingerprint density at radius 2 is 2.15 bits per heavy atom. The van der Waals surface area contributed by atoms with Crippen LogP contribution in [0.2, 0.25) is 0 Å². The van der Waals surface area contributed by atoms with Crippen LogP contribution in [0.1, 0.15) is 21.1 Å². The molecule has 0 aromatic carbocycles. The summed E-state index contributed by atoms with van der Waals surface area (Å²) in [6.07, 6.45) is 2.61. The van der Waals surface area contributed by atoms with Crippen molar-refractivity contribution in [2.45, 2.75) is 19.6 Å². The largest absolute Gasteiger partial charge is 0.481 e. The van der Waals surface area contributed by atoms with Gasteiger partial charge >= 0.3 is 0 Å². The molecule has 0 spiro atoms. The first-order valence-electron chi connectivity index (χ1n) is 6.36. The van der Waals surface area contributed by atoms with E-state index in [4.69, 9.17) is 9.47 Å². The van der Waals surface area contributed by atoms with Crippen LogP contribution in [0.15, 0.2) is 18.3 Å². The normalized spacial score (nSPS) is 10.8. The highest BCUT2D eigenvalue weighted by atomic mass is 32.1. The second-order valence-corrected chi connectivity index (χ2v) is 5.49. The molecule has 2 aromatic heterocycles. The zero-order valence-corrected chi connectivity index (χ0v) is 12.8. The highest BCUT2D eigenvalue weighted by Crippen LogP contribution is 2.22. The van der Waals surface area contributed by atoms with Crippen LogP contribution in [0.3, 0.4) is 0 Å². The van der Waals surface area contributed by atoms with Crippen LogP contribution in [-0.4, -0.2) is 31.2 Å². The van der Waals surface area contributed by atoms with Gasteiger partial charge in [0.15, 0.2) is 0 Å². The number of pyridine rings is 1. The van der Waals surface area contributed by atoms with Gasteiger partial charge in [-0.05, 0) is 12.6 Å². The van der Waals surface area contributed by atoms with E-state index in [1.165, 1.54) is 4.88 Å². The van der Waals surface area contributed by atoms with E-state index in [0.29, 0.717) is 12.5 Å². The molecule has 2 rings (SSSR count). The van der Waals surface area contributed by atoms with Gasteiger partial charge in [0.25, 0.3) is 0 Å². The molecular weight excluding hydrogens is 274 g/mol. The summed E-state index contributed by atoms with van der Waals surface area (Å²) in [7, 11) is 5.24. The first-order chi connectivity index (χ1) is 9.76. The van der Waals surface area contributed by atoms with Crippen LogP contribution >= 0.6 is 11.3 Å². The molecule has 0 saturated carbocycles. The first-order valence-corrected chi connectivity index (χ1v) is 7.18. The lowest BCUT2D eigenvalue weighted by Crippen LogP contribution is -2.06. The number of hydrogen-bond donors (Lipinski definition) is 1. The van der Waals surface area contributed by atoms with Crippen LogP contribution in [0, 0.1) is 0 Å². The quantitative estimate of drug-likeness (QED) is 0.846. The first kappa shape index (κ1) is 14.9. The van der Waals surface area contributed by atoms with Gasteiger partial charge < -0.3 is 14.8 Å². The number of nitrogens with zero attached hydrogens (tertiary/aromatic N) is 2. The molecule has 0 saturated heterocycles. The molecule has 2 aromatic rings. The van der Waals surface area contributed by atoms with Crippen molar-refractivity contribution in [1.29, 1.82) is 0 Å². The fourth-order valence-corrected chi connectivity index (χ4v) is 2.99.